The van der Waals surface area contributed by atoms with Gasteiger partial charge in [0.2, 0.25) is 11.9 Å². The highest BCUT2D eigenvalue weighted by molar-refractivity contribution is 7.98. The van der Waals surface area contributed by atoms with Gasteiger partial charge in [0.05, 0.1) is 17.9 Å². The maximum Gasteiger partial charge on any atom is 0.408 e. The number of hydrogen-bond acceptors (Lipinski definition) is 9. The Balaban J connectivity index is 1.41. The number of nitrogens with zero attached hydrogens (tertiary/aromatic N) is 9. The molecule has 4 aromatic rings. The van der Waals surface area contributed by atoms with E-state index in [1.54, 1.807) is 18.2 Å². The Morgan fingerprint density at radius 1 is 1.12 bits per heavy atom. The van der Waals surface area contributed by atoms with Gasteiger partial charge in [0.15, 0.2) is 11.2 Å². The molecule has 12 nitrogen and oxygen atoms in total. The summed E-state index contributed by atoms with van der Waals surface area (Å²) >= 11 is 1.39. The average molecular weight is 590 g/mol. The van der Waals surface area contributed by atoms with E-state index in [4.69, 9.17) is 0 Å². The second-order valence-electron chi connectivity index (χ2n) is 9.54. The number of thioether (sulfide) groups is 1. The fourth-order valence-electron chi connectivity index (χ4n) is 4.83. The van der Waals surface area contributed by atoms with E-state index in [9.17, 15) is 27.6 Å². The van der Waals surface area contributed by atoms with Crippen molar-refractivity contribution < 1.29 is 18.0 Å². The molecule has 0 saturated carbocycles. The Labute approximate surface area is 235 Å². The predicted octanol–water partition coefficient (Wildman–Crippen LogP) is 2.17. The minimum absolute atomic E-state index is 0.000109. The molecule has 0 aromatic carbocycles. The van der Waals surface area contributed by atoms with Gasteiger partial charge in [0.1, 0.15) is 18.4 Å². The predicted molar refractivity (Wildman–Crippen MR) is 148 cm³/mol. The molecule has 0 bridgehead atoms. The van der Waals surface area contributed by atoms with Gasteiger partial charge in [-0.15, -0.1) is 11.8 Å². The summed E-state index contributed by atoms with van der Waals surface area (Å²) in [7, 11) is 2.85. The van der Waals surface area contributed by atoms with Crippen LogP contribution >= 0.6 is 11.8 Å². The quantitative estimate of drug-likeness (QED) is 0.298. The Hall–Kier alpha value is -4.21. The number of anilines is 2. The largest absolute Gasteiger partial charge is 0.408 e. The Bertz CT molecular complexity index is 1720. The van der Waals surface area contributed by atoms with Gasteiger partial charge in [-0.05, 0) is 31.2 Å². The van der Waals surface area contributed by atoms with E-state index in [0.717, 1.165) is 9.47 Å². The number of imidazole rings is 1. The molecule has 0 aliphatic carbocycles. The van der Waals surface area contributed by atoms with Gasteiger partial charge in [-0.1, -0.05) is 6.07 Å². The first-order chi connectivity index (χ1) is 19.5. The van der Waals surface area contributed by atoms with E-state index in [1.165, 1.54) is 58.6 Å². The molecule has 216 valence electrons. The molecule has 1 saturated heterocycles. The van der Waals surface area contributed by atoms with E-state index < -0.39 is 23.5 Å². The third-order valence-corrected chi connectivity index (χ3v) is 7.43. The lowest BCUT2D eigenvalue weighted by molar-refractivity contribution is -0.146. The van der Waals surface area contributed by atoms with Crippen LogP contribution in [0.3, 0.4) is 0 Å². The summed E-state index contributed by atoms with van der Waals surface area (Å²) in [6.45, 7) is -0.0119. The van der Waals surface area contributed by atoms with Crippen LogP contribution in [0, 0.1) is 0 Å². The van der Waals surface area contributed by atoms with Crippen LogP contribution in [0.1, 0.15) is 12.8 Å². The van der Waals surface area contributed by atoms with Crippen molar-refractivity contribution in [3.8, 4) is 11.3 Å². The van der Waals surface area contributed by atoms with E-state index in [-0.39, 0.29) is 48.4 Å². The van der Waals surface area contributed by atoms with E-state index in [1.807, 2.05) is 6.26 Å². The minimum Gasteiger partial charge on any atom is -0.329 e. The lowest BCUT2D eigenvalue weighted by atomic mass is 10.2. The monoisotopic (exact) mass is 589 g/mol. The first-order valence-electron chi connectivity index (χ1n) is 12.5. The molecule has 5 heterocycles. The first kappa shape index (κ1) is 28.3. The Morgan fingerprint density at radius 3 is 2.54 bits per heavy atom. The molecule has 1 amide bonds. The maximum absolute atomic E-state index is 13.5. The number of amides is 1. The van der Waals surface area contributed by atoms with Gasteiger partial charge in [0, 0.05) is 38.6 Å². The second-order valence-corrected chi connectivity index (χ2v) is 10.4. The zero-order valence-electron chi connectivity index (χ0n) is 22.4. The zero-order chi connectivity index (χ0) is 29.5. The highest BCUT2D eigenvalue weighted by atomic mass is 32.2. The summed E-state index contributed by atoms with van der Waals surface area (Å²) in [5.74, 6) is 0.201. The van der Waals surface area contributed by atoms with Crippen molar-refractivity contribution in [2.24, 2.45) is 14.1 Å². The van der Waals surface area contributed by atoms with Crippen LogP contribution in [0.4, 0.5) is 24.9 Å². The van der Waals surface area contributed by atoms with Crippen molar-refractivity contribution in [3.05, 3.63) is 57.8 Å². The molecule has 1 aliphatic rings. The van der Waals surface area contributed by atoms with Crippen LogP contribution in [-0.4, -0.2) is 70.4 Å². The van der Waals surface area contributed by atoms with E-state index >= 15 is 0 Å². The summed E-state index contributed by atoms with van der Waals surface area (Å²) in [6, 6.07) is 3.43. The summed E-state index contributed by atoms with van der Waals surface area (Å²) in [4.78, 5) is 58.2. The zero-order valence-corrected chi connectivity index (χ0v) is 23.2. The van der Waals surface area contributed by atoms with Crippen molar-refractivity contribution in [2.75, 3.05) is 28.5 Å². The number of rotatable bonds is 7. The Morgan fingerprint density at radius 2 is 1.85 bits per heavy atom. The third kappa shape index (κ3) is 5.30. The van der Waals surface area contributed by atoms with Gasteiger partial charge in [0.25, 0.3) is 5.56 Å². The number of carbonyl (C=O) groups excluding carboxylic acids is 1. The molecule has 5 rings (SSSR count). The summed E-state index contributed by atoms with van der Waals surface area (Å²) in [5, 5.41) is 0. The topological polar surface area (TPSA) is 124 Å². The lowest BCUT2D eigenvalue weighted by Crippen LogP contribution is -2.42. The number of alkyl halides is 3. The molecule has 0 radical (unpaired) electrons. The number of hydrogen-bond donors (Lipinski definition) is 0. The van der Waals surface area contributed by atoms with E-state index in [0.29, 0.717) is 23.5 Å². The first-order valence-corrected chi connectivity index (χ1v) is 13.9. The molecule has 1 aliphatic heterocycles. The molecule has 1 fully saturated rings. The molecule has 0 spiro atoms. The summed E-state index contributed by atoms with van der Waals surface area (Å²) in [5.41, 5.74) is 0.0994. The smallest absolute Gasteiger partial charge is 0.329 e. The third-order valence-electron chi connectivity index (χ3n) is 6.91. The van der Waals surface area contributed by atoms with Gasteiger partial charge >= 0.3 is 11.9 Å². The second kappa shape index (κ2) is 11.0. The lowest BCUT2D eigenvalue weighted by Gasteiger charge is -2.26. The van der Waals surface area contributed by atoms with Crippen LogP contribution in [-0.2, 0) is 25.4 Å². The number of pyridine rings is 1. The minimum atomic E-state index is -4.37. The number of carbonyl (C=O) groups is 1. The highest BCUT2D eigenvalue weighted by Crippen LogP contribution is 2.34. The molecule has 41 heavy (non-hydrogen) atoms. The molecular weight excluding hydrogens is 563 g/mol. The molecule has 1 atom stereocenters. The maximum atomic E-state index is 13.5. The fraction of sp³-hybridized carbons (Fsp3) is 0.400. The molecular formula is C25H26F3N9O3S. The van der Waals surface area contributed by atoms with Gasteiger partial charge in [-0.3, -0.25) is 23.6 Å². The molecule has 16 heteroatoms. The highest BCUT2D eigenvalue weighted by Gasteiger charge is 2.46. The molecule has 4 aromatic heterocycles. The SMILES string of the molecule is CSCN(C(=O)Cn1cnc2c1c(=O)n(C)c(=O)n2C)c1cccc(-c2cnc(N3CCC[C@H]3C(F)(F)F)nc2)n1. The normalized spacial score (nSPS) is 15.6. The summed E-state index contributed by atoms with van der Waals surface area (Å²) in [6.07, 6.45) is 2.03. The summed E-state index contributed by atoms with van der Waals surface area (Å²) < 4.78 is 43.7. The van der Waals surface area contributed by atoms with Crippen LogP contribution in [0.25, 0.3) is 22.4 Å². The van der Waals surface area contributed by atoms with Crippen molar-refractivity contribution >= 4 is 40.6 Å². The fourth-order valence-corrected chi connectivity index (χ4v) is 5.36. The van der Waals surface area contributed by atoms with Crippen LogP contribution in [0.15, 0.2) is 46.5 Å². The van der Waals surface area contributed by atoms with Crippen LogP contribution in [0.2, 0.25) is 0 Å². The Kier molecular flexibility index (Phi) is 7.59. The van der Waals surface area contributed by atoms with Crippen LogP contribution < -0.4 is 21.0 Å². The van der Waals surface area contributed by atoms with Gasteiger partial charge < -0.3 is 9.47 Å². The van der Waals surface area contributed by atoms with Crippen molar-refractivity contribution in [3.63, 3.8) is 0 Å². The average Bonchev–Trinajstić information content (AvgIpc) is 3.62. The van der Waals surface area contributed by atoms with Crippen molar-refractivity contribution in [1.29, 1.82) is 0 Å². The number of halogens is 3. The van der Waals surface area contributed by atoms with E-state index in [2.05, 4.69) is 19.9 Å². The number of fused-ring (bicyclic) bond motifs is 1. The molecule has 0 unspecified atom stereocenters. The van der Waals surface area contributed by atoms with Crippen LogP contribution in [0.5, 0.6) is 0 Å². The van der Waals surface area contributed by atoms with Gasteiger partial charge in [-0.25, -0.2) is 24.7 Å². The molecule has 0 N–H and O–H groups in total. The van der Waals surface area contributed by atoms with Crippen molar-refractivity contribution in [2.45, 2.75) is 31.6 Å². The number of aryl methyl sites for hydroxylation is 1. The standard InChI is InChI=1S/C25H26F3N9O3S/c1-33-21-20(22(39)34(2)24(33)40)35(13-31-21)12-19(38)37(14-41-3)18-8-4-6-16(32-18)15-10-29-23(30-11-15)36-9-5-7-17(36)25(26,27)28/h4,6,8,10-11,13,17H,5,7,9,12,14H2,1-3H3/t17-/m0/s1. The number of aromatic nitrogens is 7. The van der Waals surface area contributed by atoms with Gasteiger partial charge in [-0.2, -0.15) is 13.2 Å². The van der Waals surface area contributed by atoms with Crippen molar-refractivity contribution in [1.82, 2.24) is 33.6 Å².